The highest BCUT2D eigenvalue weighted by Gasteiger charge is 2.25. The highest BCUT2D eigenvalue weighted by atomic mass is 32.1. The third kappa shape index (κ3) is 2.94. The molecule has 0 saturated heterocycles. The molecule has 0 aliphatic heterocycles. The van der Waals surface area contributed by atoms with Crippen LogP contribution in [0.3, 0.4) is 0 Å². The van der Waals surface area contributed by atoms with E-state index in [9.17, 15) is 13.9 Å². The van der Waals surface area contributed by atoms with Crippen molar-refractivity contribution in [3.05, 3.63) is 57.3 Å². The molecule has 1 heterocycles. The Hall–Kier alpha value is -1.26. The number of benzene rings is 1. The molecular formula is C14H14F2OS. The first-order chi connectivity index (χ1) is 8.37. The summed E-state index contributed by atoms with van der Waals surface area (Å²) in [6.07, 6.45) is 0.182. The molecule has 4 heteroatoms. The van der Waals surface area contributed by atoms with E-state index in [4.69, 9.17) is 0 Å². The topological polar surface area (TPSA) is 20.2 Å². The van der Waals surface area contributed by atoms with Gasteiger partial charge in [-0.1, -0.05) is 0 Å². The number of halogens is 2. The van der Waals surface area contributed by atoms with E-state index >= 15 is 0 Å². The lowest BCUT2D eigenvalue weighted by Gasteiger charge is -2.22. The zero-order valence-electron chi connectivity index (χ0n) is 10.2. The van der Waals surface area contributed by atoms with Gasteiger partial charge in [-0.2, -0.15) is 0 Å². The van der Waals surface area contributed by atoms with Crippen LogP contribution in [0.2, 0.25) is 0 Å². The van der Waals surface area contributed by atoms with Gasteiger partial charge in [0.25, 0.3) is 0 Å². The summed E-state index contributed by atoms with van der Waals surface area (Å²) in [5.41, 5.74) is -0.664. The number of aryl methyl sites for hydroxylation is 1. The predicted octanol–water partition coefficient (Wildman–Crippen LogP) is 3.78. The first kappa shape index (κ1) is 13.2. The number of hydrogen-bond donors (Lipinski definition) is 1. The molecule has 0 aliphatic carbocycles. The first-order valence-corrected chi connectivity index (χ1v) is 6.43. The van der Waals surface area contributed by atoms with Crippen molar-refractivity contribution in [3.63, 3.8) is 0 Å². The van der Waals surface area contributed by atoms with E-state index in [0.29, 0.717) is 5.56 Å². The van der Waals surface area contributed by atoms with E-state index in [1.165, 1.54) is 23.5 Å². The molecule has 0 amide bonds. The van der Waals surface area contributed by atoms with E-state index < -0.39 is 17.2 Å². The van der Waals surface area contributed by atoms with Crippen molar-refractivity contribution in [1.82, 2.24) is 0 Å². The molecule has 1 aromatic carbocycles. The van der Waals surface area contributed by atoms with Crippen LogP contribution in [0.15, 0.2) is 30.3 Å². The molecule has 0 fully saturated rings. The molecule has 96 valence electrons. The lowest BCUT2D eigenvalue weighted by atomic mass is 9.95. The van der Waals surface area contributed by atoms with E-state index in [-0.39, 0.29) is 6.42 Å². The maximum Gasteiger partial charge on any atom is 0.126 e. The van der Waals surface area contributed by atoms with Crippen LogP contribution in [0.25, 0.3) is 0 Å². The van der Waals surface area contributed by atoms with Crippen LogP contribution in [0.4, 0.5) is 8.78 Å². The lowest BCUT2D eigenvalue weighted by Crippen LogP contribution is -2.23. The molecule has 0 bridgehead atoms. The fraction of sp³-hybridized carbons (Fsp3) is 0.286. The molecule has 1 atom stereocenters. The summed E-state index contributed by atoms with van der Waals surface area (Å²) in [5.74, 6) is -1.24. The maximum absolute atomic E-state index is 13.1. The normalized spacial score (nSPS) is 14.5. The molecule has 0 aliphatic rings. The largest absolute Gasteiger partial charge is 0.384 e. The van der Waals surface area contributed by atoms with Gasteiger partial charge in [0.15, 0.2) is 0 Å². The van der Waals surface area contributed by atoms with Crippen molar-refractivity contribution >= 4 is 11.3 Å². The fourth-order valence-electron chi connectivity index (χ4n) is 1.92. The summed E-state index contributed by atoms with van der Waals surface area (Å²) < 4.78 is 26.2. The molecule has 2 rings (SSSR count). The van der Waals surface area contributed by atoms with E-state index in [2.05, 4.69) is 0 Å². The molecule has 1 unspecified atom stereocenters. The van der Waals surface area contributed by atoms with Gasteiger partial charge < -0.3 is 5.11 Å². The van der Waals surface area contributed by atoms with Gasteiger partial charge in [0.1, 0.15) is 11.6 Å². The average Bonchev–Trinajstić information content (AvgIpc) is 2.62. The summed E-state index contributed by atoms with van der Waals surface area (Å²) in [4.78, 5) is 1.89. The summed E-state index contributed by atoms with van der Waals surface area (Å²) in [6.45, 7) is 3.60. The quantitative estimate of drug-likeness (QED) is 0.898. The number of hydrogen-bond acceptors (Lipinski definition) is 2. The Bertz CT molecular complexity index is 540. The molecule has 1 nitrogen and oxygen atoms in total. The average molecular weight is 268 g/mol. The summed E-state index contributed by atoms with van der Waals surface area (Å²) in [5, 5.41) is 10.4. The van der Waals surface area contributed by atoms with Crippen molar-refractivity contribution in [3.8, 4) is 0 Å². The van der Waals surface area contributed by atoms with Gasteiger partial charge in [0, 0.05) is 22.2 Å². The molecule has 18 heavy (non-hydrogen) atoms. The summed E-state index contributed by atoms with van der Waals surface area (Å²) in [7, 11) is 0. The van der Waals surface area contributed by atoms with Crippen LogP contribution >= 0.6 is 11.3 Å². The smallest absolute Gasteiger partial charge is 0.126 e. The van der Waals surface area contributed by atoms with Gasteiger partial charge in [-0.3, -0.25) is 0 Å². The third-order valence-corrected chi connectivity index (χ3v) is 4.00. The Morgan fingerprint density at radius 1 is 1.17 bits per heavy atom. The number of rotatable bonds is 3. The van der Waals surface area contributed by atoms with E-state index in [1.54, 1.807) is 6.92 Å². The van der Waals surface area contributed by atoms with Crippen LogP contribution in [-0.4, -0.2) is 5.11 Å². The predicted molar refractivity (Wildman–Crippen MR) is 68.7 cm³/mol. The number of thiophene rings is 1. The maximum atomic E-state index is 13.1. The third-order valence-electron chi connectivity index (χ3n) is 2.74. The van der Waals surface area contributed by atoms with Crippen molar-refractivity contribution in [1.29, 1.82) is 0 Å². The van der Waals surface area contributed by atoms with Crippen LogP contribution in [0, 0.1) is 18.6 Å². The zero-order chi connectivity index (χ0) is 13.3. The second kappa shape index (κ2) is 4.78. The minimum Gasteiger partial charge on any atom is -0.384 e. The Labute approximate surface area is 109 Å². The van der Waals surface area contributed by atoms with Gasteiger partial charge in [0.2, 0.25) is 0 Å². The Morgan fingerprint density at radius 2 is 1.78 bits per heavy atom. The van der Waals surface area contributed by atoms with Crippen LogP contribution < -0.4 is 0 Å². The van der Waals surface area contributed by atoms with Crippen molar-refractivity contribution in [2.45, 2.75) is 25.9 Å². The van der Waals surface area contributed by atoms with Gasteiger partial charge in [0.05, 0.1) is 5.60 Å². The van der Waals surface area contributed by atoms with Gasteiger partial charge in [-0.15, -0.1) is 11.3 Å². The highest BCUT2D eigenvalue weighted by molar-refractivity contribution is 7.12. The molecule has 1 aromatic heterocycles. The van der Waals surface area contributed by atoms with Crippen LogP contribution in [0.1, 0.15) is 22.2 Å². The summed E-state index contributed by atoms with van der Waals surface area (Å²) >= 11 is 1.48. The van der Waals surface area contributed by atoms with Crippen molar-refractivity contribution < 1.29 is 13.9 Å². The second-order valence-corrected chi connectivity index (χ2v) is 5.93. The van der Waals surface area contributed by atoms with Crippen LogP contribution in [0.5, 0.6) is 0 Å². The monoisotopic (exact) mass is 268 g/mol. The van der Waals surface area contributed by atoms with E-state index in [1.807, 2.05) is 19.1 Å². The van der Waals surface area contributed by atoms with Gasteiger partial charge in [-0.05, 0) is 43.7 Å². The van der Waals surface area contributed by atoms with Gasteiger partial charge in [-0.25, -0.2) is 8.78 Å². The fourth-order valence-corrected chi connectivity index (χ4v) is 2.83. The second-order valence-electron chi connectivity index (χ2n) is 4.64. The Morgan fingerprint density at radius 3 is 2.28 bits per heavy atom. The van der Waals surface area contributed by atoms with Crippen molar-refractivity contribution in [2.24, 2.45) is 0 Å². The molecule has 0 saturated carbocycles. The first-order valence-electron chi connectivity index (χ1n) is 5.61. The van der Waals surface area contributed by atoms with Crippen LogP contribution in [-0.2, 0) is 12.0 Å². The minimum absolute atomic E-state index is 0.182. The van der Waals surface area contributed by atoms with E-state index in [0.717, 1.165) is 15.8 Å². The minimum atomic E-state index is -1.11. The Balaban J connectivity index is 2.26. The summed E-state index contributed by atoms with van der Waals surface area (Å²) in [6, 6.07) is 7.08. The molecule has 2 aromatic rings. The number of aliphatic hydroxyl groups is 1. The molecule has 0 radical (unpaired) electrons. The SMILES string of the molecule is Cc1ccc(C(C)(O)Cc2cc(F)cc(F)c2)s1. The lowest BCUT2D eigenvalue weighted by molar-refractivity contribution is 0.0614. The van der Waals surface area contributed by atoms with Crippen molar-refractivity contribution in [2.75, 3.05) is 0 Å². The molecule has 0 spiro atoms. The molecular weight excluding hydrogens is 254 g/mol. The molecule has 1 N–H and O–H groups in total. The zero-order valence-corrected chi connectivity index (χ0v) is 11.0. The highest BCUT2D eigenvalue weighted by Crippen LogP contribution is 2.31. The standard InChI is InChI=1S/C14H14F2OS/c1-9-3-4-13(18-9)14(2,17)8-10-5-11(15)7-12(16)6-10/h3-7,17H,8H2,1-2H3. The Kier molecular flexibility index (Phi) is 3.50. The van der Waals surface area contributed by atoms with Gasteiger partial charge >= 0.3 is 0 Å².